The van der Waals surface area contributed by atoms with Crippen LogP contribution in [0.1, 0.15) is 5.56 Å². The van der Waals surface area contributed by atoms with E-state index in [0.29, 0.717) is 44.9 Å². The first-order valence-corrected chi connectivity index (χ1v) is 26.0. The van der Waals surface area contributed by atoms with Crippen LogP contribution in [0, 0.1) is 17.9 Å². The van der Waals surface area contributed by atoms with Gasteiger partial charge in [0.25, 0.3) is 0 Å². The average molecular weight is 987 g/mol. The number of para-hydroxylation sites is 3. The normalized spacial score (nSPS) is 12.2. The van der Waals surface area contributed by atoms with Crippen molar-refractivity contribution in [3.8, 4) is 39.7 Å². The number of fused-ring (bicyclic) bond motifs is 22. The van der Waals surface area contributed by atoms with Gasteiger partial charge in [-0.25, -0.2) is 4.85 Å². The van der Waals surface area contributed by atoms with E-state index < -0.39 is 0 Å². The number of benzene rings is 11. The second-order valence-electron chi connectivity index (χ2n) is 19.5. The summed E-state index contributed by atoms with van der Waals surface area (Å²) in [6.07, 6.45) is 0. The second-order valence-corrected chi connectivity index (χ2v) is 20.6. The van der Waals surface area contributed by atoms with E-state index in [1.165, 1.54) is 0 Å². The van der Waals surface area contributed by atoms with E-state index in [1.54, 1.807) is 11.3 Å². The van der Waals surface area contributed by atoms with E-state index in [9.17, 15) is 11.8 Å². The lowest BCUT2D eigenvalue weighted by atomic mass is 9.88. The number of aromatic nitrogens is 2. The maximum absolute atomic E-state index is 12.5. The predicted molar refractivity (Wildman–Crippen MR) is 312 cm³/mol. The molecule has 17 aromatic rings. The zero-order chi connectivity index (χ0) is 49.9. The van der Waals surface area contributed by atoms with Crippen molar-refractivity contribution in [2.45, 2.75) is 0 Å². The minimum atomic E-state index is 0.299. The van der Waals surface area contributed by atoms with E-state index in [1.807, 2.05) is 91.0 Å². The van der Waals surface area contributed by atoms with Gasteiger partial charge in [0.1, 0.15) is 22.8 Å². The monoisotopic (exact) mass is 986 g/mol. The molecule has 0 radical (unpaired) electrons. The Labute approximate surface area is 434 Å². The Kier molecular flexibility index (Phi) is 8.17. The molecule has 0 aliphatic rings. The molecule has 0 fully saturated rings. The fourth-order valence-electron chi connectivity index (χ4n) is 12.7. The van der Waals surface area contributed by atoms with E-state index in [0.717, 1.165) is 130 Å². The average Bonchev–Trinajstić information content (AvgIpc) is 4.40. The summed E-state index contributed by atoms with van der Waals surface area (Å²) >= 11 is 1.76. The summed E-state index contributed by atoms with van der Waals surface area (Å²) in [6, 6.07) is 73.6. The molecular weight excluding hydrogens is 953 g/mol. The van der Waals surface area contributed by atoms with Crippen molar-refractivity contribution in [3.63, 3.8) is 0 Å². The molecule has 0 N–H and O–H groups in total. The molecule has 6 aromatic heterocycles. The highest BCUT2D eigenvalue weighted by atomic mass is 32.1. The van der Waals surface area contributed by atoms with Crippen molar-refractivity contribution < 1.29 is 13.3 Å². The number of furan rings is 3. The molecular formula is C68H34N4O3S. The first kappa shape index (κ1) is 41.1. The van der Waals surface area contributed by atoms with Crippen LogP contribution in [0.25, 0.3) is 168 Å². The second kappa shape index (κ2) is 15.1. The molecule has 350 valence electrons. The van der Waals surface area contributed by atoms with E-state index in [-0.39, 0.29) is 0 Å². The predicted octanol–water partition coefficient (Wildman–Crippen LogP) is 19.7. The quantitative estimate of drug-likeness (QED) is 0.165. The third-order valence-corrected chi connectivity index (χ3v) is 17.0. The fourth-order valence-corrected chi connectivity index (χ4v) is 13.9. The standard InChI is InChI=1S/C68H34N4O3S/c1-70-58-57(38-18-6-3-7-19-38)64(72-62-45(30-34-49-41-22-10-14-26-54(41)75-67(49)62)46-31-35-50-42-23-11-15-27-55(42)76-68(50)63(46)72)56(37-16-4-2-5-17-37)51(36-69)59(58)71-60-43(28-32-47-39-20-8-12-24-52(39)73-65(47)60)44-29-33-48-40-21-9-13-25-53(40)74-66(48)61(44)71/h2-35H. The van der Waals surface area contributed by atoms with Crippen molar-refractivity contribution in [2.24, 2.45) is 0 Å². The van der Waals surface area contributed by atoms with Gasteiger partial charge >= 0.3 is 0 Å². The van der Waals surface area contributed by atoms with Crippen molar-refractivity contribution >= 4 is 147 Å². The summed E-state index contributed by atoms with van der Waals surface area (Å²) in [5, 5.41) is 24.4. The molecule has 0 aliphatic heterocycles. The van der Waals surface area contributed by atoms with Crippen molar-refractivity contribution in [3.05, 3.63) is 223 Å². The molecule has 0 bridgehead atoms. The van der Waals surface area contributed by atoms with Crippen LogP contribution in [-0.4, -0.2) is 9.13 Å². The van der Waals surface area contributed by atoms with Gasteiger partial charge < -0.3 is 22.4 Å². The van der Waals surface area contributed by atoms with Gasteiger partial charge in [-0.1, -0.05) is 164 Å². The molecule has 0 unspecified atom stereocenters. The zero-order valence-electron chi connectivity index (χ0n) is 40.1. The van der Waals surface area contributed by atoms with Gasteiger partial charge in [-0.15, -0.1) is 11.3 Å². The lowest BCUT2D eigenvalue weighted by molar-refractivity contribution is 0.669. The maximum atomic E-state index is 12.5. The number of nitriles is 1. The van der Waals surface area contributed by atoms with Gasteiger partial charge in [0.15, 0.2) is 16.7 Å². The number of nitrogens with zero attached hydrogens (tertiary/aromatic N) is 4. The molecule has 7 nitrogen and oxygen atoms in total. The Balaban J connectivity index is 1.17. The van der Waals surface area contributed by atoms with Crippen molar-refractivity contribution in [1.82, 2.24) is 9.13 Å². The molecule has 0 spiro atoms. The van der Waals surface area contributed by atoms with Gasteiger partial charge in [0.05, 0.1) is 50.3 Å². The summed E-state index contributed by atoms with van der Waals surface area (Å²) in [7, 11) is 0. The van der Waals surface area contributed by atoms with Gasteiger partial charge in [-0.3, -0.25) is 0 Å². The van der Waals surface area contributed by atoms with Gasteiger partial charge in [-0.05, 0) is 53.6 Å². The SMILES string of the molecule is [C-]#[N+]c1c(-c2ccccc2)c(-n2c3c(ccc4c5ccccc5oc43)c3ccc4c5ccccc5sc4c32)c(-c2ccccc2)c(C#N)c1-n1c2c(ccc3c4ccccc4oc32)c2ccc3c4ccccc4oc3c21. The molecule has 6 heterocycles. The number of hydrogen-bond acceptors (Lipinski definition) is 5. The van der Waals surface area contributed by atoms with Crippen molar-refractivity contribution in [2.75, 3.05) is 0 Å². The lowest BCUT2D eigenvalue weighted by Crippen LogP contribution is -2.08. The van der Waals surface area contributed by atoms with Crippen molar-refractivity contribution in [1.29, 1.82) is 5.26 Å². The van der Waals surface area contributed by atoms with E-state index in [2.05, 4.69) is 130 Å². The minimum absolute atomic E-state index is 0.299. The molecule has 0 saturated heterocycles. The highest BCUT2D eigenvalue weighted by Crippen LogP contribution is 2.55. The first-order chi connectivity index (χ1) is 37.7. The third kappa shape index (κ3) is 5.27. The molecule has 11 aromatic carbocycles. The van der Waals surface area contributed by atoms with E-state index in [4.69, 9.17) is 18.1 Å². The topological polar surface area (TPSA) is 77.4 Å². The van der Waals surface area contributed by atoms with Crippen LogP contribution >= 0.6 is 11.3 Å². The Morgan fingerprint density at radius 1 is 0.382 bits per heavy atom. The number of rotatable bonds is 4. The summed E-state index contributed by atoms with van der Waals surface area (Å²) in [4.78, 5) is 4.71. The molecule has 0 atom stereocenters. The zero-order valence-corrected chi connectivity index (χ0v) is 40.9. The number of hydrogen-bond donors (Lipinski definition) is 0. The maximum Gasteiger partial charge on any atom is 0.221 e. The van der Waals surface area contributed by atoms with Crippen LogP contribution in [0.3, 0.4) is 0 Å². The lowest BCUT2D eigenvalue weighted by Gasteiger charge is -2.25. The van der Waals surface area contributed by atoms with Crippen LogP contribution in [0.5, 0.6) is 0 Å². The van der Waals surface area contributed by atoms with Gasteiger partial charge in [0, 0.05) is 80.5 Å². The molecule has 17 rings (SSSR count). The first-order valence-electron chi connectivity index (χ1n) is 25.2. The molecule has 76 heavy (non-hydrogen) atoms. The molecule has 0 aliphatic carbocycles. The summed E-state index contributed by atoms with van der Waals surface area (Å²) in [5.41, 5.74) is 12.2. The molecule has 0 amide bonds. The van der Waals surface area contributed by atoms with Crippen LogP contribution < -0.4 is 0 Å². The Hall–Kier alpha value is -10.4. The van der Waals surface area contributed by atoms with Gasteiger partial charge in [0.2, 0.25) is 5.69 Å². The summed E-state index contributed by atoms with van der Waals surface area (Å²) in [5.74, 6) is 0. The fraction of sp³-hybridized carbons (Fsp3) is 0. The van der Waals surface area contributed by atoms with Gasteiger partial charge in [-0.2, -0.15) is 5.26 Å². The Bertz CT molecular complexity index is 5170. The Morgan fingerprint density at radius 2 is 0.776 bits per heavy atom. The molecule has 8 heteroatoms. The highest BCUT2D eigenvalue weighted by Gasteiger charge is 2.34. The summed E-state index contributed by atoms with van der Waals surface area (Å²) in [6.45, 7) is 9.73. The highest BCUT2D eigenvalue weighted by molar-refractivity contribution is 7.26. The van der Waals surface area contributed by atoms with Crippen LogP contribution in [0.2, 0.25) is 0 Å². The van der Waals surface area contributed by atoms with Crippen LogP contribution in [-0.2, 0) is 0 Å². The number of thiophene rings is 1. The third-order valence-electron chi connectivity index (χ3n) is 15.8. The smallest absolute Gasteiger partial charge is 0.221 e. The van der Waals surface area contributed by atoms with Crippen LogP contribution in [0.15, 0.2) is 220 Å². The molecule has 0 saturated carbocycles. The minimum Gasteiger partial charge on any atom is -0.454 e. The van der Waals surface area contributed by atoms with Crippen LogP contribution in [0.4, 0.5) is 5.69 Å². The Morgan fingerprint density at radius 3 is 1.26 bits per heavy atom. The largest absolute Gasteiger partial charge is 0.454 e. The summed E-state index contributed by atoms with van der Waals surface area (Å²) < 4.78 is 27.8. The van der Waals surface area contributed by atoms with E-state index >= 15 is 0 Å².